The summed E-state index contributed by atoms with van der Waals surface area (Å²) in [6, 6.07) is 1.87. The van der Waals surface area contributed by atoms with E-state index in [1.807, 2.05) is 19.9 Å². The number of hydrogen-bond acceptors (Lipinski definition) is 4. The summed E-state index contributed by atoms with van der Waals surface area (Å²) in [5.41, 5.74) is 1.74. The summed E-state index contributed by atoms with van der Waals surface area (Å²) in [6.45, 7) is 5.93. The van der Waals surface area contributed by atoms with E-state index < -0.39 is 0 Å². The van der Waals surface area contributed by atoms with Gasteiger partial charge in [-0.05, 0) is 26.8 Å². The van der Waals surface area contributed by atoms with Crippen molar-refractivity contribution >= 4 is 5.97 Å². The molecule has 4 nitrogen and oxygen atoms in total. The van der Waals surface area contributed by atoms with E-state index >= 15 is 0 Å². The minimum Gasteiger partial charge on any atom is -0.466 e. The molecule has 0 bridgehead atoms. The Kier molecular flexibility index (Phi) is 3.56. The Balaban J connectivity index is 2.71. The maximum Gasteiger partial charge on any atom is 0.313 e. The molecule has 0 fully saturated rings. The first kappa shape index (κ1) is 10.6. The van der Waals surface area contributed by atoms with Crippen LogP contribution in [0.15, 0.2) is 6.07 Å². The number of aromatic nitrogens is 2. The summed E-state index contributed by atoms with van der Waals surface area (Å²) in [7, 11) is 0. The van der Waals surface area contributed by atoms with Crippen LogP contribution in [0.25, 0.3) is 0 Å². The zero-order valence-electron chi connectivity index (χ0n) is 8.70. The van der Waals surface area contributed by atoms with E-state index in [1.165, 1.54) is 0 Å². The fourth-order valence-corrected chi connectivity index (χ4v) is 1.22. The molecule has 0 saturated carbocycles. The summed E-state index contributed by atoms with van der Waals surface area (Å²) in [5.74, 6) is 0.249. The number of carbonyl (C=O) groups is 1. The van der Waals surface area contributed by atoms with E-state index in [1.54, 1.807) is 6.92 Å². The third-order valence-corrected chi connectivity index (χ3v) is 1.64. The van der Waals surface area contributed by atoms with Crippen LogP contribution in [0.4, 0.5) is 0 Å². The number of carbonyl (C=O) groups excluding carboxylic acids is 1. The highest BCUT2D eigenvalue weighted by Crippen LogP contribution is 2.00. The van der Waals surface area contributed by atoms with Gasteiger partial charge in [-0.2, -0.15) is 0 Å². The predicted octanol–water partition coefficient (Wildman–Crippen LogP) is 1.20. The molecular weight excluding hydrogens is 180 g/mol. The minimum atomic E-state index is -0.280. The van der Waals surface area contributed by atoms with Crippen LogP contribution in [0.1, 0.15) is 24.1 Å². The van der Waals surface area contributed by atoms with Gasteiger partial charge >= 0.3 is 5.97 Å². The molecule has 0 saturated heterocycles. The van der Waals surface area contributed by atoms with Crippen LogP contribution >= 0.6 is 0 Å². The Morgan fingerprint density at radius 1 is 1.36 bits per heavy atom. The second-order valence-electron chi connectivity index (χ2n) is 3.05. The number of aryl methyl sites for hydroxylation is 2. The summed E-state index contributed by atoms with van der Waals surface area (Å²) in [5, 5.41) is 0. The lowest BCUT2D eigenvalue weighted by Crippen LogP contribution is -2.11. The monoisotopic (exact) mass is 194 g/mol. The molecular formula is C10H14N2O2. The summed E-state index contributed by atoms with van der Waals surface area (Å²) < 4.78 is 4.81. The van der Waals surface area contributed by atoms with Crippen molar-refractivity contribution in [2.24, 2.45) is 0 Å². The summed E-state index contributed by atoms with van der Waals surface area (Å²) in [4.78, 5) is 19.4. The second kappa shape index (κ2) is 4.69. The van der Waals surface area contributed by atoms with Crippen LogP contribution in [-0.2, 0) is 16.0 Å². The van der Waals surface area contributed by atoms with Crippen molar-refractivity contribution < 1.29 is 9.53 Å². The molecule has 0 radical (unpaired) electrons. The Morgan fingerprint density at radius 3 is 2.43 bits per heavy atom. The summed E-state index contributed by atoms with van der Waals surface area (Å²) in [6.07, 6.45) is 0.149. The van der Waals surface area contributed by atoms with Crippen LogP contribution in [-0.4, -0.2) is 22.5 Å². The molecule has 0 aliphatic rings. The highest BCUT2D eigenvalue weighted by Gasteiger charge is 2.07. The fourth-order valence-electron chi connectivity index (χ4n) is 1.22. The number of esters is 1. The normalized spacial score (nSPS) is 9.93. The van der Waals surface area contributed by atoms with Crippen molar-refractivity contribution in [3.8, 4) is 0 Å². The first-order valence-corrected chi connectivity index (χ1v) is 4.58. The minimum absolute atomic E-state index is 0.149. The fraction of sp³-hybridized carbons (Fsp3) is 0.500. The van der Waals surface area contributed by atoms with Crippen LogP contribution in [0.3, 0.4) is 0 Å². The Bertz CT molecular complexity index is 317. The zero-order chi connectivity index (χ0) is 10.6. The average Bonchev–Trinajstić information content (AvgIpc) is 2.01. The first-order chi connectivity index (χ1) is 6.61. The lowest BCUT2D eigenvalue weighted by Gasteiger charge is -2.02. The maximum atomic E-state index is 11.1. The number of rotatable bonds is 3. The zero-order valence-corrected chi connectivity index (χ0v) is 8.70. The van der Waals surface area contributed by atoms with Crippen molar-refractivity contribution in [3.05, 3.63) is 23.3 Å². The van der Waals surface area contributed by atoms with Crippen LogP contribution in [0, 0.1) is 13.8 Å². The SMILES string of the molecule is CCOC(=O)Cc1nc(C)cc(C)n1. The Hall–Kier alpha value is -1.45. The maximum absolute atomic E-state index is 11.1. The van der Waals surface area contributed by atoms with E-state index in [9.17, 15) is 4.79 Å². The largest absolute Gasteiger partial charge is 0.466 e. The first-order valence-electron chi connectivity index (χ1n) is 4.58. The van der Waals surface area contributed by atoms with Gasteiger partial charge in [-0.3, -0.25) is 4.79 Å². The van der Waals surface area contributed by atoms with Gasteiger partial charge < -0.3 is 4.74 Å². The third-order valence-electron chi connectivity index (χ3n) is 1.64. The molecule has 0 spiro atoms. The lowest BCUT2D eigenvalue weighted by atomic mass is 10.3. The molecule has 0 aliphatic heterocycles. The number of nitrogens with zero attached hydrogens (tertiary/aromatic N) is 2. The standard InChI is InChI=1S/C10H14N2O2/c1-4-14-10(13)6-9-11-7(2)5-8(3)12-9/h5H,4,6H2,1-3H3. The molecule has 1 rings (SSSR count). The molecule has 14 heavy (non-hydrogen) atoms. The van der Waals surface area contributed by atoms with E-state index in [4.69, 9.17) is 4.74 Å². The molecule has 1 aromatic heterocycles. The molecule has 1 aromatic rings. The molecule has 0 aliphatic carbocycles. The van der Waals surface area contributed by atoms with Gasteiger partial charge in [0.05, 0.1) is 6.61 Å². The molecule has 76 valence electrons. The molecule has 0 atom stereocenters. The quantitative estimate of drug-likeness (QED) is 0.678. The van der Waals surface area contributed by atoms with E-state index in [0.29, 0.717) is 12.4 Å². The second-order valence-corrected chi connectivity index (χ2v) is 3.05. The van der Waals surface area contributed by atoms with E-state index in [0.717, 1.165) is 11.4 Å². The van der Waals surface area contributed by atoms with E-state index in [-0.39, 0.29) is 12.4 Å². The predicted molar refractivity (Wildman–Crippen MR) is 51.8 cm³/mol. The van der Waals surface area contributed by atoms with Gasteiger partial charge in [-0.1, -0.05) is 0 Å². The van der Waals surface area contributed by atoms with Gasteiger partial charge in [-0.15, -0.1) is 0 Å². The van der Waals surface area contributed by atoms with Crippen molar-refractivity contribution in [3.63, 3.8) is 0 Å². The Morgan fingerprint density at radius 2 is 1.93 bits per heavy atom. The van der Waals surface area contributed by atoms with Gasteiger partial charge in [0.15, 0.2) is 0 Å². The van der Waals surface area contributed by atoms with Gasteiger partial charge in [-0.25, -0.2) is 9.97 Å². The van der Waals surface area contributed by atoms with Crippen molar-refractivity contribution in [2.75, 3.05) is 6.61 Å². The van der Waals surface area contributed by atoms with Gasteiger partial charge in [0, 0.05) is 11.4 Å². The molecule has 0 aromatic carbocycles. The third kappa shape index (κ3) is 3.12. The van der Waals surface area contributed by atoms with Crippen LogP contribution in [0.2, 0.25) is 0 Å². The molecule has 0 N–H and O–H groups in total. The molecule has 1 heterocycles. The topological polar surface area (TPSA) is 52.1 Å². The Labute approximate surface area is 83.3 Å². The van der Waals surface area contributed by atoms with Crippen LogP contribution < -0.4 is 0 Å². The highest BCUT2D eigenvalue weighted by atomic mass is 16.5. The smallest absolute Gasteiger partial charge is 0.313 e. The van der Waals surface area contributed by atoms with Gasteiger partial charge in [0.25, 0.3) is 0 Å². The molecule has 4 heteroatoms. The van der Waals surface area contributed by atoms with Crippen molar-refractivity contribution in [1.29, 1.82) is 0 Å². The van der Waals surface area contributed by atoms with E-state index in [2.05, 4.69) is 9.97 Å². The van der Waals surface area contributed by atoms with Crippen molar-refractivity contribution in [1.82, 2.24) is 9.97 Å². The molecule has 0 amide bonds. The van der Waals surface area contributed by atoms with Gasteiger partial charge in [0.1, 0.15) is 12.2 Å². The van der Waals surface area contributed by atoms with Crippen LogP contribution in [0.5, 0.6) is 0 Å². The summed E-state index contributed by atoms with van der Waals surface area (Å²) >= 11 is 0. The highest BCUT2D eigenvalue weighted by molar-refractivity contribution is 5.71. The number of hydrogen-bond donors (Lipinski definition) is 0. The lowest BCUT2D eigenvalue weighted by molar-refractivity contribution is -0.142. The number of ether oxygens (including phenoxy) is 1. The molecule has 0 unspecified atom stereocenters. The van der Waals surface area contributed by atoms with Gasteiger partial charge in [0.2, 0.25) is 0 Å². The average molecular weight is 194 g/mol. The van der Waals surface area contributed by atoms with Crippen molar-refractivity contribution in [2.45, 2.75) is 27.2 Å².